The van der Waals surface area contributed by atoms with Crippen LogP contribution in [0.25, 0.3) is 0 Å². The zero-order valence-electron chi connectivity index (χ0n) is 12.1. The standard InChI is InChI=1S/C16H23NO2/c1-12-5-4-6-15(13(12)2)9-14-10-16(18)17(11-14)7-8-19-3/h4-6,14H,7-11H2,1-3H3/t14-/m0/s1. The minimum Gasteiger partial charge on any atom is -0.383 e. The second kappa shape index (κ2) is 6.20. The number of benzene rings is 1. The first-order valence-corrected chi connectivity index (χ1v) is 6.93. The Morgan fingerprint density at radius 1 is 1.37 bits per heavy atom. The summed E-state index contributed by atoms with van der Waals surface area (Å²) in [4.78, 5) is 13.8. The number of methoxy groups -OCH3 is 1. The topological polar surface area (TPSA) is 29.5 Å². The van der Waals surface area contributed by atoms with Crippen LogP contribution in [0.15, 0.2) is 18.2 Å². The molecule has 1 heterocycles. The summed E-state index contributed by atoms with van der Waals surface area (Å²) < 4.78 is 5.05. The van der Waals surface area contributed by atoms with Crippen molar-refractivity contribution in [3.8, 4) is 0 Å². The van der Waals surface area contributed by atoms with Gasteiger partial charge < -0.3 is 9.64 Å². The molecule has 1 atom stereocenters. The van der Waals surface area contributed by atoms with E-state index < -0.39 is 0 Å². The molecule has 3 heteroatoms. The van der Waals surface area contributed by atoms with Crippen LogP contribution in [0.1, 0.15) is 23.1 Å². The second-order valence-corrected chi connectivity index (χ2v) is 5.47. The van der Waals surface area contributed by atoms with Gasteiger partial charge in [0.2, 0.25) is 5.91 Å². The lowest BCUT2D eigenvalue weighted by Crippen LogP contribution is -2.28. The predicted molar refractivity (Wildman–Crippen MR) is 76.2 cm³/mol. The number of hydrogen-bond acceptors (Lipinski definition) is 2. The van der Waals surface area contributed by atoms with Gasteiger partial charge in [0.05, 0.1) is 6.61 Å². The van der Waals surface area contributed by atoms with E-state index in [1.54, 1.807) is 7.11 Å². The monoisotopic (exact) mass is 261 g/mol. The average Bonchev–Trinajstić information content (AvgIpc) is 2.73. The fourth-order valence-corrected chi connectivity index (χ4v) is 2.75. The zero-order chi connectivity index (χ0) is 13.8. The molecule has 0 radical (unpaired) electrons. The van der Waals surface area contributed by atoms with E-state index in [4.69, 9.17) is 4.74 Å². The lowest BCUT2D eigenvalue weighted by Gasteiger charge is -2.16. The third kappa shape index (κ3) is 3.35. The van der Waals surface area contributed by atoms with Gasteiger partial charge in [0, 0.05) is 26.6 Å². The summed E-state index contributed by atoms with van der Waals surface area (Å²) in [6.45, 7) is 6.53. The van der Waals surface area contributed by atoms with E-state index in [-0.39, 0.29) is 5.91 Å². The fourth-order valence-electron chi connectivity index (χ4n) is 2.75. The van der Waals surface area contributed by atoms with Crippen LogP contribution in [0.3, 0.4) is 0 Å². The maximum atomic E-state index is 11.9. The average molecular weight is 261 g/mol. The number of amides is 1. The zero-order valence-corrected chi connectivity index (χ0v) is 12.1. The quantitative estimate of drug-likeness (QED) is 0.814. The van der Waals surface area contributed by atoms with Crippen molar-refractivity contribution in [1.29, 1.82) is 0 Å². The number of nitrogens with zero attached hydrogens (tertiary/aromatic N) is 1. The second-order valence-electron chi connectivity index (χ2n) is 5.47. The molecule has 3 nitrogen and oxygen atoms in total. The number of rotatable bonds is 5. The molecule has 0 N–H and O–H groups in total. The van der Waals surface area contributed by atoms with E-state index in [1.165, 1.54) is 16.7 Å². The van der Waals surface area contributed by atoms with Gasteiger partial charge in [0.1, 0.15) is 0 Å². The van der Waals surface area contributed by atoms with Crippen molar-refractivity contribution in [1.82, 2.24) is 4.90 Å². The Bertz CT molecular complexity index is 456. The van der Waals surface area contributed by atoms with Gasteiger partial charge >= 0.3 is 0 Å². The summed E-state index contributed by atoms with van der Waals surface area (Å²) in [5, 5.41) is 0. The first-order valence-electron chi connectivity index (χ1n) is 6.93. The number of likely N-dealkylation sites (tertiary alicyclic amines) is 1. The highest BCUT2D eigenvalue weighted by atomic mass is 16.5. The molecule has 1 aliphatic rings. The van der Waals surface area contributed by atoms with E-state index in [1.807, 2.05) is 4.90 Å². The summed E-state index contributed by atoms with van der Waals surface area (Å²) in [6.07, 6.45) is 1.68. The van der Waals surface area contributed by atoms with Crippen LogP contribution in [-0.2, 0) is 16.0 Å². The number of aryl methyl sites for hydroxylation is 1. The van der Waals surface area contributed by atoms with Crippen molar-refractivity contribution >= 4 is 5.91 Å². The van der Waals surface area contributed by atoms with Gasteiger partial charge in [-0.25, -0.2) is 0 Å². The highest BCUT2D eigenvalue weighted by Gasteiger charge is 2.29. The minimum absolute atomic E-state index is 0.271. The molecule has 2 rings (SSSR count). The highest BCUT2D eigenvalue weighted by molar-refractivity contribution is 5.78. The van der Waals surface area contributed by atoms with Crippen LogP contribution in [0, 0.1) is 19.8 Å². The molecule has 0 aliphatic carbocycles. The molecule has 19 heavy (non-hydrogen) atoms. The maximum absolute atomic E-state index is 11.9. The Labute approximate surface area is 115 Å². The van der Waals surface area contributed by atoms with Crippen LogP contribution < -0.4 is 0 Å². The molecule has 1 aliphatic heterocycles. The maximum Gasteiger partial charge on any atom is 0.223 e. The van der Waals surface area contributed by atoms with Gasteiger partial charge in [-0.1, -0.05) is 18.2 Å². The van der Waals surface area contributed by atoms with E-state index in [0.717, 1.165) is 19.5 Å². The normalized spacial score (nSPS) is 19.2. The van der Waals surface area contributed by atoms with Crippen LogP contribution >= 0.6 is 0 Å². The summed E-state index contributed by atoms with van der Waals surface area (Å²) >= 11 is 0. The van der Waals surface area contributed by atoms with Crippen molar-refractivity contribution < 1.29 is 9.53 Å². The van der Waals surface area contributed by atoms with E-state index in [0.29, 0.717) is 18.9 Å². The van der Waals surface area contributed by atoms with Gasteiger partial charge in [-0.15, -0.1) is 0 Å². The van der Waals surface area contributed by atoms with Crippen molar-refractivity contribution in [3.63, 3.8) is 0 Å². The predicted octanol–water partition coefficient (Wildman–Crippen LogP) is 2.34. The number of ether oxygens (including phenoxy) is 1. The molecule has 0 saturated carbocycles. The largest absolute Gasteiger partial charge is 0.383 e. The Hall–Kier alpha value is -1.35. The SMILES string of the molecule is COCCN1C[C@@H](Cc2cccc(C)c2C)CC1=O. The molecule has 0 spiro atoms. The van der Waals surface area contributed by atoms with Crippen LogP contribution in [0.5, 0.6) is 0 Å². The fraction of sp³-hybridized carbons (Fsp3) is 0.562. The molecule has 1 fully saturated rings. The van der Waals surface area contributed by atoms with Crippen molar-refractivity contribution in [3.05, 3.63) is 34.9 Å². The molecule has 0 bridgehead atoms. The Balaban J connectivity index is 1.97. The molecule has 104 valence electrons. The minimum atomic E-state index is 0.271. The van der Waals surface area contributed by atoms with Gasteiger partial charge in [-0.2, -0.15) is 0 Å². The van der Waals surface area contributed by atoms with Crippen molar-refractivity contribution in [2.75, 3.05) is 26.8 Å². The molecular formula is C16H23NO2. The van der Waals surface area contributed by atoms with Gasteiger partial charge in [-0.05, 0) is 42.9 Å². The van der Waals surface area contributed by atoms with Gasteiger partial charge in [0.15, 0.2) is 0 Å². The molecule has 0 aromatic heterocycles. The summed E-state index contributed by atoms with van der Waals surface area (Å²) in [5.41, 5.74) is 4.08. The summed E-state index contributed by atoms with van der Waals surface area (Å²) in [7, 11) is 1.67. The van der Waals surface area contributed by atoms with Crippen LogP contribution in [0.4, 0.5) is 0 Å². The van der Waals surface area contributed by atoms with E-state index in [2.05, 4.69) is 32.0 Å². The highest BCUT2D eigenvalue weighted by Crippen LogP contribution is 2.24. The molecule has 1 aromatic rings. The lowest BCUT2D eigenvalue weighted by atomic mass is 9.93. The Morgan fingerprint density at radius 3 is 2.89 bits per heavy atom. The van der Waals surface area contributed by atoms with Crippen LogP contribution in [0.2, 0.25) is 0 Å². The molecular weight excluding hydrogens is 238 g/mol. The molecule has 0 unspecified atom stereocenters. The molecule has 1 aromatic carbocycles. The smallest absolute Gasteiger partial charge is 0.223 e. The van der Waals surface area contributed by atoms with Crippen molar-refractivity contribution in [2.45, 2.75) is 26.7 Å². The molecule has 1 saturated heterocycles. The number of hydrogen-bond donors (Lipinski definition) is 0. The third-order valence-corrected chi connectivity index (χ3v) is 4.09. The van der Waals surface area contributed by atoms with Crippen molar-refractivity contribution in [2.24, 2.45) is 5.92 Å². The van der Waals surface area contributed by atoms with Gasteiger partial charge in [0.25, 0.3) is 0 Å². The number of carbonyl (C=O) groups is 1. The first kappa shape index (κ1) is 14.1. The summed E-state index contributed by atoms with van der Waals surface area (Å²) in [6, 6.07) is 6.44. The third-order valence-electron chi connectivity index (χ3n) is 4.09. The Kier molecular flexibility index (Phi) is 4.59. The van der Waals surface area contributed by atoms with Crippen LogP contribution in [-0.4, -0.2) is 37.6 Å². The lowest BCUT2D eigenvalue weighted by molar-refractivity contribution is -0.128. The Morgan fingerprint density at radius 2 is 2.16 bits per heavy atom. The van der Waals surface area contributed by atoms with E-state index in [9.17, 15) is 4.79 Å². The molecule has 1 amide bonds. The van der Waals surface area contributed by atoms with Gasteiger partial charge in [-0.3, -0.25) is 4.79 Å². The first-order chi connectivity index (χ1) is 9.11. The number of carbonyl (C=O) groups excluding carboxylic acids is 1. The van der Waals surface area contributed by atoms with E-state index >= 15 is 0 Å². The summed E-state index contributed by atoms with van der Waals surface area (Å²) in [5.74, 6) is 0.720.